The zero-order chi connectivity index (χ0) is 17.9. The topological polar surface area (TPSA) is 47.4 Å². The lowest BCUT2D eigenvalue weighted by Gasteiger charge is -2.13. The monoisotopic (exact) mass is 347 g/mol. The summed E-state index contributed by atoms with van der Waals surface area (Å²) in [6.45, 7) is 1.64. The Morgan fingerprint density at radius 3 is 2.38 bits per heavy atom. The number of amides is 1. The first-order valence-electron chi connectivity index (χ1n) is 8.84. The molecular formula is C21H21N3O2. The lowest BCUT2D eigenvalue weighted by atomic mass is 10.0. The number of hydrogen-bond acceptors (Lipinski definition) is 3. The Morgan fingerprint density at radius 1 is 0.962 bits per heavy atom. The third kappa shape index (κ3) is 3.08. The van der Waals surface area contributed by atoms with E-state index in [1.807, 2.05) is 41.3 Å². The summed E-state index contributed by atoms with van der Waals surface area (Å²) in [4.78, 5) is 14.3. The van der Waals surface area contributed by atoms with Crippen LogP contribution in [0.3, 0.4) is 0 Å². The Labute approximate surface area is 152 Å². The first-order chi connectivity index (χ1) is 12.8. The molecule has 2 heterocycles. The second-order valence-electron chi connectivity index (χ2n) is 6.43. The first-order valence-corrected chi connectivity index (χ1v) is 8.84. The van der Waals surface area contributed by atoms with E-state index in [1.165, 1.54) is 4.68 Å². The molecule has 5 nitrogen and oxygen atoms in total. The second kappa shape index (κ2) is 7.04. The van der Waals surface area contributed by atoms with Gasteiger partial charge in [-0.15, -0.1) is 0 Å². The van der Waals surface area contributed by atoms with Gasteiger partial charge in [-0.1, -0.05) is 42.5 Å². The van der Waals surface area contributed by atoms with Crippen molar-refractivity contribution in [1.82, 2.24) is 14.7 Å². The molecule has 2 aromatic carbocycles. The standard InChI is InChI=1S/C21H21N3O2/c1-26-20-7-3-2-6-19(20)17-10-8-16(9-11-17)18-14-22-24(15-18)21(25)23-12-4-5-13-23/h2-3,6-11,14-15H,4-5,12-13H2,1H3. The molecule has 26 heavy (non-hydrogen) atoms. The predicted octanol–water partition coefficient (Wildman–Crippen LogP) is 4.29. The molecular weight excluding hydrogens is 326 g/mol. The summed E-state index contributed by atoms with van der Waals surface area (Å²) in [6, 6.07) is 16.1. The molecule has 0 atom stereocenters. The quantitative estimate of drug-likeness (QED) is 0.710. The molecule has 132 valence electrons. The van der Waals surface area contributed by atoms with E-state index in [-0.39, 0.29) is 6.03 Å². The van der Waals surface area contributed by atoms with Crippen molar-refractivity contribution in [3.05, 3.63) is 60.9 Å². The van der Waals surface area contributed by atoms with Gasteiger partial charge in [0.2, 0.25) is 0 Å². The van der Waals surface area contributed by atoms with Gasteiger partial charge in [0.1, 0.15) is 5.75 Å². The van der Waals surface area contributed by atoms with Crippen LogP contribution in [0.15, 0.2) is 60.9 Å². The van der Waals surface area contributed by atoms with E-state index in [0.29, 0.717) is 0 Å². The lowest BCUT2D eigenvalue weighted by molar-refractivity contribution is 0.207. The van der Waals surface area contributed by atoms with Gasteiger partial charge in [-0.05, 0) is 30.0 Å². The lowest BCUT2D eigenvalue weighted by Crippen LogP contribution is -2.32. The van der Waals surface area contributed by atoms with E-state index in [9.17, 15) is 4.79 Å². The molecule has 1 fully saturated rings. The van der Waals surface area contributed by atoms with Crippen molar-refractivity contribution in [2.24, 2.45) is 0 Å². The van der Waals surface area contributed by atoms with Gasteiger partial charge in [-0.3, -0.25) is 0 Å². The molecule has 1 aromatic heterocycles. The number of carbonyl (C=O) groups is 1. The zero-order valence-corrected chi connectivity index (χ0v) is 14.8. The van der Waals surface area contributed by atoms with E-state index >= 15 is 0 Å². The van der Waals surface area contributed by atoms with Crippen molar-refractivity contribution in [2.45, 2.75) is 12.8 Å². The highest BCUT2D eigenvalue weighted by Crippen LogP contribution is 2.31. The summed E-state index contributed by atoms with van der Waals surface area (Å²) in [5.74, 6) is 0.851. The third-order valence-corrected chi connectivity index (χ3v) is 4.79. The maximum absolute atomic E-state index is 12.4. The number of nitrogens with zero attached hydrogens (tertiary/aromatic N) is 3. The molecule has 0 spiro atoms. The van der Waals surface area contributed by atoms with Crippen LogP contribution in [0.5, 0.6) is 5.75 Å². The number of carbonyl (C=O) groups excluding carboxylic acids is 1. The van der Waals surface area contributed by atoms with E-state index in [4.69, 9.17) is 4.74 Å². The highest BCUT2D eigenvalue weighted by Gasteiger charge is 2.20. The molecule has 0 unspecified atom stereocenters. The number of aromatic nitrogens is 2. The van der Waals surface area contributed by atoms with Gasteiger partial charge < -0.3 is 9.64 Å². The number of hydrogen-bond donors (Lipinski definition) is 0. The van der Waals surface area contributed by atoms with Crippen molar-refractivity contribution < 1.29 is 9.53 Å². The number of methoxy groups -OCH3 is 1. The van der Waals surface area contributed by atoms with Crippen LogP contribution in [0.2, 0.25) is 0 Å². The molecule has 4 rings (SSSR count). The Balaban J connectivity index is 1.57. The van der Waals surface area contributed by atoms with E-state index in [1.54, 1.807) is 19.5 Å². The molecule has 5 heteroatoms. The van der Waals surface area contributed by atoms with Crippen LogP contribution in [0, 0.1) is 0 Å². The van der Waals surface area contributed by atoms with Crippen molar-refractivity contribution in [2.75, 3.05) is 20.2 Å². The minimum Gasteiger partial charge on any atom is -0.496 e. The van der Waals surface area contributed by atoms with Crippen LogP contribution in [-0.4, -0.2) is 40.9 Å². The molecule has 3 aromatic rings. The average Bonchev–Trinajstić information content (AvgIpc) is 3.40. The minimum atomic E-state index is -0.0422. The van der Waals surface area contributed by atoms with Crippen LogP contribution >= 0.6 is 0 Å². The van der Waals surface area contributed by atoms with E-state index in [2.05, 4.69) is 17.2 Å². The van der Waals surface area contributed by atoms with Crippen molar-refractivity contribution >= 4 is 6.03 Å². The highest BCUT2D eigenvalue weighted by atomic mass is 16.5. The van der Waals surface area contributed by atoms with Gasteiger partial charge in [-0.2, -0.15) is 9.78 Å². The Hall–Kier alpha value is -3.08. The van der Waals surface area contributed by atoms with Crippen molar-refractivity contribution in [3.8, 4) is 28.0 Å². The van der Waals surface area contributed by atoms with Crippen LogP contribution in [0.1, 0.15) is 12.8 Å². The molecule has 1 amide bonds. The van der Waals surface area contributed by atoms with E-state index < -0.39 is 0 Å². The molecule has 0 N–H and O–H groups in total. The second-order valence-corrected chi connectivity index (χ2v) is 6.43. The van der Waals surface area contributed by atoms with Gasteiger partial charge in [0.05, 0.1) is 13.3 Å². The zero-order valence-electron chi connectivity index (χ0n) is 14.8. The average molecular weight is 347 g/mol. The van der Waals surface area contributed by atoms with Gasteiger partial charge in [0, 0.05) is 30.4 Å². The Bertz CT molecular complexity index is 909. The minimum absolute atomic E-state index is 0.0422. The normalized spacial score (nSPS) is 13.8. The van der Waals surface area contributed by atoms with Crippen LogP contribution in [0.25, 0.3) is 22.3 Å². The summed E-state index contributed by atoms with van der Waals surface area (Å²) in [5.41, 5.74) is 4.11. The number of likely N-dealkylation sites (tertiary alicyclic amines) is 1. The number of para-hydroxylation sites is 1. The van der Waals surface area contributed by atoms with Gasteiger partial charge >= 0.3 is 6.03 Å². The number of rotatable bonds is 3. The predicted molar refractivity (Wildman–Crippen MR) is 101 cm³/mol. The molecule has 0 saturated carbocycles. The largest absolute Gasteiger partial charge is 0.496 e. The summed E-state index contributed by atoms with van der Waals surface area (Å²) in [7, 11) is 1.68. The smallest absolute Gasteiger partial charge is 0.344 e. The molecule has 0 radical (unpaired) electrons. The Morgan fingerprint density at radius 2 is 1.65 bits per heavy atom. The maximum atomic E-state index is 12.4. The van der Waals surface area contributed by atoms with Crippen LogP contribution in [-0.2, 0) is 0 Å². The molecule has 0 bridgehead atoms. The van der Waals surface area contributed by atoms with Gasteiger partial charge in [-0.25, -0.2) is 4.79 Å². The fraction of sp³-hybridized carbons (Fsp3) is 0.238. The first kappa shape index (κ1) is 16.4. The molecule has 1 saturated heterocycles. The fourth-order valence-corrected chi connectivity index (χ4v) is 3.36. The summed E-state index contributed by atoms with van der Waals surface area (Å²) in [5, 5.41) is 4.25. The van der Waals surface area contributed by atoms with Crippen molar-refractivity contribution in [3.63, 3.8) is 0 Å². The molecule has 0 aliphatic carbocycles. The summed E-state index contributed by atoms with van der Waals surface area (Å²) in [6.07, 6.45) is 5.69. The number of ether oxygens (including phenoxy) is 1. The summed E-state index contributed by atoms with van der Waals surface area (Å²) >= 11 is 0. The third-order valence-electron chi connectivity index (χ3n) is 4.79. The van der Waals surface area contributed by atoms with Gasteiger partial charge in [0.15, 0.2) is 0 Å². The van der Waals surface area contributed by atoms with Crippen LogP contribution < -0.4 is 4.74 Å². The Kier molecular flexibility index (Phi) is 4.44. The molecule has 1 aliphatic heterocycles. The van der Waals surface area contributed by atoms with E-state index in [0.717, 1.165) is 53.9 Å². The fourth-order valence-electron chi connectivity index (χ4n) is 3.36. The number of benzene rings is 2. The molecule has 1 aliphatic rings. The maximum Gasteiger partial charge on any atom is 0.344 e. The summed E-state index contributed by atoms with van der Waals surface area (Å²) < 4.78 is 6.88. The van der Waals surface area contributed by atoms with Gasteiger partial charge in [0.25, 0.3) is 0 Å². The van der Waals surface area contributed by atoms with Crippen LogP contribution in [0.4, 0.5) is 4.79 Å². The highest BCUT2D eigenvalue weighted by molar-refractivity contribution is 5.78. The SMILES string of the molecule is COc1ccccc1-c1ccc(-c2cnn(C(=O)N3CCCC3)c2)cc1. The van der Waals surface area contributed by atoms with Crippen molar-refractivity contribution in [1.29, 1.82) is 0 Å².